The Hall–Kier alpha value is -2.33. The molecular weight excluding hydrogens is 382 g/mol. The highest BCUT2D eigenvalue weighted by atomic mass is 35.5. The molecule has 1 heterocycles. The Morgan fingerprint density at radius 2 is 1.55 bits per heavy atom. The van der Waals surface area contributed by atoms with E-state index in [9.17, 15) is 0 Å². The third kappa shape index (κ3) is 5.18. The first-order valence-corrected chi connectivity index (χ1v) is 10.5. The van der Waals surface area contributed by atoms with Gasteiger partial charge in [0.15, 0.2) is 0 Å². The second-order valence-electron chi connectivity index (χ2n) is 7.46. The van der Waals surface area contributed by atoms with Crippen molar-refractivity contribution in [3.63, 3.8) is 0 Å². The first-order valence-electron chi connectivity index (χ1n) is 10.1. The molecule has 150 valence electrons. The summed E-state index contributed by atoms with van der Waals surface area (Å²) in [6.45, 7) is 3.94. The van der Waals surface area contributed by atoms with Gasteiger partial charge in [-0.1, -0.05) is 72.3 Å². The summed E-state index contributed by atoms with van der Waals surface area (Å²) in [5.74, 6) is 0.804. The lowest BCUT2D eigenvalue weighted by Crippen LogP contribution is -2.37. The van der Waals surface area contributed by atoms with Gasteiger partial charge in [0.1, 0.15) is 18.0 Å². The number of halogens is 1. The van der Waals surface area contributed by atoms with Crippen LogP contribution in [0.25, 0.3) is 0 Å². The van der Waals surface area contributed by atoms with Crippen molar-refractivity contribution >= 4 is 11.6 Å². The zero-order chi connectivity index (χ0) is 19.9. The van der Waals surface area contributed by atoms with E-state index in [1.54, 1.807) is 0 Å². The number of benzene rings is 3. The summed E-state index contributed by atoms with van der Waals surface area (Å²) >= 11 is 6.00. The predicted octanol–water partition coefficient (Wildman–Crippen LogP) is 5.54. The molecule has 1 atom stereocenters. The van der Waals surface area contributed by atoms with Gasteiger partial charge in [0.25, 0.3) is 0 Å². The van der Waals surface area contributed by atoms with Crippen LogP contribution in [0.3, 0.4) is 0 Å². The summed E-state index contributed by atoms with van der Waals surface area (Å²) in [7, 11) is 0. The van der Waals surface area contributed by atoms with Gasteiger partial charge in [-0.3, -0.25) is 4.90 Å². The van der Waals surface area contributed by atoms with Crippen molar-refractivity contribution in [2.45, 2.75) is 18.6 Å². The lowest BCUT2D eigenvalue weighted by molar-refractivity contribution is -0.0726. The summed E-state index contributed by atoms with van der Waals surface area (Å²) in [6.07, 6.45) is 0.872. The van der Waals surface area contributed by atoms with Crippen LogP contribution in [-0.4, -0.2) is 31.2 Å². The molecule has 3 aromatic rings. The van der Waals surface area contributed by atoms with E-state index in [-0.39, 0.29) is 0 Å². The van der Waals surface area contributed by atoms with Crippen molar-refractivity contribution in [3.8, 4) is 5.75 Å². The van der Waals surface area contributed by atoms with Crippen LogP contribution in [0.2, 0.25) is 5.02 Å². The molecule has 3 nitrogen and oxygen atoms in total. The third-order valence-electron chi connectivity index (χ3n) is 5.45. The monoisotopic (exact) mass is 407 g/mol. The van der Waals surface area contributed by atoms with Crippen molar-refractivity contribution in [2.24, 2.45) is 0 Å². The Bertz CT molecular complexity index is 886. The van der Waals surface area contributed by atoms with Gasteiger partial charge in [-0.25, -0.2) is 0 Å². The second kappa shape index (κ2) is 9.45. The van der Waals surface area contributed by atoms with Crippen LogP contribution in [0.15, 0.2) is 84.9 Å². The highest BCUT2D eigenvalue weighted by Gasteiger charge is 2.36. The first kappa shape index (κ1) is 20.0. The summed E-state index contributed by atoms with van der Waals surface area (Å²) in [5.41, 5.74) is 2.03. The minimum absolute atomic E-state index is 0.466. The van der Waals surface area contributed by atoms with Crippen molar-refractivity contribution in [1.82, 2.24) is 4.90 Å². The molecule has 1 aliphatic heterocycles. The molecular formula is C25H26ClNO2. The number of ether oxygens (including phenoxy) is 2. The fraction of sp³-hybridized carbons (Fsp3) is 0.280. The van der Waals surface area contributed by atoms with Gasteiger partial charge in [-0.05, 0) is 41.8 Å². The molecule has 1 fully saturated rings. The molecule has 0 aromatic heterocycles. The fourth-order valence-corrected chi connectivity index (χ4v) is 3.92. The molecule has 1 aliphatic rings. The molecule has 29 heavy (non-hydrogen) atoms. The highest BCUT2D eigenvalue weighted by molar-refractivity contribution is 6.30. The lowest BCUT2D eigenvalue weighted by Gasteiger charge is -2.33. The smallest absolute Gasteiger partial charge is 0.128 e. The fourth-order valence-electron chi connectivity index (χ4n) is 3.79. The van der Waals surface area contributed by atoms with E-state index in [4.69, 9.17) is 21.1 Å². The normalized spacial score (nSPS) is 20.2. The molecule has 0 radical (unpaired) electrons. The Balaban J connectivity index is 1.50. The summed E-state index contributed by atoms with van der Waals surface area (Å²) in [5, 5.41) is 0.706. The molecule has 0 N–H and O–H groups in total. The van der Waals surface area contributed by atoms with Gasteiger partial charge in [0.2, 0.25) is 0 Å². The minimum Gasteiger partial charge on any atom is -0.490 e. The zero-order valence-electron chi connectivity index (χ0n) is 16.5. The Labute approximate surface area is 177 Å². The van der Waals surface area contributed by atoms with Crippen molar-refractivity contribution in [1.29, 1.82) is 0 Å². The molecule has 4 heteroatoms. The van der Waals surface area contributed by atoms with E-state index in [1.165, 1.54) is 5.56 Å². The topological polar surface area (TPSA) is 21.7 Å². The van der Waals surface area contributed by atoms with Gasteiger partial charge in [0, 0.05) is 24.7 Å². The number of hydrogen-bond acceptors (Lipinski definition) is 3. The second-order valence-corrected chi connectivity index (χ2v) is 7.90. The van der Waals surface area contributed by atoms with E-state index < -0.39 is 5.60 Å². The van der Waals surface area contributed by atoms with Gasteiger partial charge in [0.05, 0.1) is 6.61 Å². The van der Waals surface area contributed by atoms with E-state index >= 15 is 0 Å². The van der Waals surface area contributed by atoms with E-state index in [0.29, 0.717) is 18.2 Å². The summed E-state index contributed by atoms with van der Waals surface area (Å²) in [6, 6.07) is 28.6. The Morgan fingerprint density at radius 1 is 0.862 bits per heavy atom. The number of rotatable bonds is 6. The van der Waals surface area contributed by atoms with Crippen LogP contribution in [0.4, 0.5) is 0 Å². The molecule has 0 aliphatic carbocycles. The summed E-state index contributed by atoms with van der Waals surface area (Å²) in [4.78, 5) is 2.46. The molecule has 0 spiro atoms. The molecule has 1 unspecified atom stereocenters. The maximum atomic E-state index is 6.50. The van der Waals surface area contributed by atoms with Crippen LogP contribution in [0.1, 0.15) is 17.5 Å². The Morgan fingerprint density at radius 3 is 2.28 bits per heavy atom. The molecule has 0 bridgehead atoms. The van der Waals surface area contributed by atoms with Crippen LogP contribution in [-0.2, 0) is 16.9 Å². The average molecular weight is 408 g/mol. The van der Waals surface area contributed by atoms with Crippen molar-refractivity contribution in [2.75, 3.05) is 26.3 Å². The number of nitrogens with zero attached hydrogens (tertiary/aromatic N) is 1. The molecule has 1 saturated heterocycles. The quantitative estimate of drug-likeness (QED) is 0.535. The predicted molar refractivity (Wildman–Crippen MR) is 117 cm³/mol. The molecule has 3 aromatic carbocycles. The van der Waals surface area contributed by atoms with Crippen molar-refractivity contribution < 1.29 is 9.47 Å². The summed E-state index contributed by atoms with van der Waals surface area (Å²) < 4.78 is 12.7. The molecule has 0 amide bonds. The van der Waals surface area contributed by atoms with Gasteiger partial charge < -0.3 is 9.47 Å². The third-order valence-corrected chi connectivity index (χ3v) is 5.70. The zero-order valence-corrected chi connectivity index (χ0v) is 17.2. The minimum atomic E-state index is -0.466. The Kier molecular flexibility index (Phi) is 6.50. The SMILES string of the molecule is Clc1ccc(OCC2(c3ccccc3)CCN(Cc3ccccc3)CCO2)cc1. The standard InChI is InChI=1S/C25H26ClNO2/c26-23-11-13-24(14-12-23)28-20-25(22-9-5-2-6-10-22)15-16-27(17-18-29-25)19-21-7-3-1-4-8-21/h1-14H,15-20H2. The largest absolute Gasteiger partial charge is 0.490 e. The average Bonchev–Trinajstić information content (AvgIpc) is 2.98. The highest BCUT2D eigenvalue weighted by Crippen LogP contribution is 2.33. The van der Waals surface area contributed by atoms with E-state index in [0.717, 1.165) is 37.4 Å². The maximum absolute atomic E-state index is 6.50. The van der Waals surface area contributed by atoms with E-state index in [1.807, 2.05) is 30.3 Å². The van der Waals surface area contributed by atoms with Crippen LogP contribution in [0.5, 0.6) is 5.75 Å². The lowest BCUT2D eigenvalue weighted by atomic mass is 9.90. The van der Waals surface area contributed by atoms with Crippen molar-refractivity contribution in [3.05, 3.63) is 101 Å². The van der Waals surface area contributed by atoms with E-state index in [2.05, 4.69) is 59.5 Å². The van der Waals surface area contributed by atoms with Crippen LogP contribution >= 0.6 is 11.6 Å². The van der Waals surface area contributed by atoms with Gasteiger partial charge in [-0.15, -0.1) is 0 Å². The number of hydrogen-bond donors (Lipinski definition) is 0. The maximum Gasteiger partial charge on any atom is 0.128 e. The molecule has 4 rings (SSSR count). The first-order chi connectivity index (χ1) is 14.2. The van der Waals surface area contributed by atoms with Gasteiger partial charge >= 0.3 is 0 Å². The van der Waals surface area contributed by atoms with Crippen LogP contribution < -0.4 is 4.74 Å². The van der Waals surface area contributed by atoms with Crippen LogP contribution in [0, 0.1) is 0 Å². The molecule has 0 saturated carbocycles. The van der Waals surface area contributed by atoms with Gasteiger partial charge in [-0.2, -0.15) is 0 Å².